The number of aliphatic hydroxyl groups is 1. The molecule has 0 unspecified atom stereocenters. The van der Waals surface area contributed by atoms with E-state index in [0.717, 1.165) is 23.4 Å². The summed E-state index contributed by atoms with van der Waals surface area (Å²) in [6.07, 6.45) is 1.77. The fraction of sp³-hybridized carbons (Fsp3) is 0.464. The third kappa shape index (κ3) is 7.13. The van der Waals surface area contributed by atoms with Gasteiger partial charge in [-0.25, -0.2) is 9.07 Å². The van der Waals surface area contributed by atoms with E-state index in [9.17, 15) is 9.50 Å². The first-order valence-corrected chi connectivity index (χ1v) is 12.3. The number of hydrogen-bond acceptors (Lipinski definition) is 5. The van der Waals surface area contributed by atoms with E-state index in [-0.39, 0.29) is 18.0 Å². The van der Waals surface area contributed by atoms with Crippen LogP contribution in [0.3, 0.4) is 0 Å². The van der Waals surface area contributed by atoms with Crippen LogP contribution in [0.25, 0.3) is 11.3 Å². The Hall–Kier alpha value is -2.74. The van der Waals surface area contributed by atoms with Crippen LogP contribution in [-0.4, -0.2) is 51.2 Å². The molecule has 0 bridgehead atoms. The number of benzene rings is 2. The summed E-state index contributed by atoms with van der Waals surface area (Å²) in [6.45, 7) is 8.07. The molecule has 0 radical (unpaired) electrons. The number of halogens is 1. The van der Waals surface area contributed by atoms with E-state index in [0.29, 0.717) is 24.9 Å². The predicted molar refractivity (Wildman–Crippen MR) is 135 cm³/mol. The van der Waals surface area contributed by atoms with Crippen molar-refractivity contribution in [2.75, 3.05) is 19.7 Å². The van der Waals surface area contributed by atoms with Crippen molar-refractivity contribution in [3.05, 3.63) is 66.0 Å². The van der Waals surface area contributed by atoms with Crippen molar-refractivity contribution in [1.29, 1.82) is 0 Å². The second kappa shape index (κ2) is 10.9. The third-order valence-electron chi connectivity index (χ3n) is 5.95. The molecule has 188 valence electrons. The first kappa shape index (κ1) is 25.4. The molecule has 2 aromatic carbocycles. The van der Waals surface area contributed by atoms with Gasteiger partial charge in [0, 0.05) is 32.2 Å². The zero-order valence-electron chi connectivity index (χ0n) is 21.1. The molecule has 1 heterocycles. The number of ether oxygens (including phenoxy) is 2. The number of hydrogen-bond donors (Lipinski definition) is 1. The lowest BCUT2D eigenvalue weighted by atomic mass is 10.1. The minimum Gasteiger partial charge on any atom is -0.436 e. The SMILES string of the molecule is Cn1nc(-c2ccccc2)c(CN(CC2CC2)C[C@H](O)COC(C)(C)C)c1Oc1ccccc1F. The van der Waals surface area contributed by atoms with Gasteiger partial charge >= 0.3 is 0 Å². The fourth-order valence-electron chi connectivity index (χ4n) is 4.07. The largest absolute Gasteiger partial charge is 0.436 e. The highest BCUT2D eigenvalue weighted by molar-refractivity contribution is 5.65. The Labute approximate surface area is 207 Å². The van der Waals surface area contributed by atoms with Crippen molar-refractivity contribution in [3.63, 3.8) is 0 Å². The lowest BCUT2D eigenvalue weighted by Gasteiger charge is -2.27. The average molecular weight is 482 g/mol. The standard InChI is InChI=1S/C28H36FN3O3/c1-28(2,3)34-19-22(33)17-32(16-20-14-15-20)18-23-26(21-10-6-5-7-11-21)30-31(4)27(23)35-25-13-9-8-12-24(25)29/h5-13,20,22,33H,14-19H2,1-4H3/t22-/m0/s1. The third-order valence-corrected chi connectivity index (χ3v) is 5.95. The molecular weight excluding hydrogens is 445 g/mol. The van der Waals surface area contributed by atoms with Gasteiger partial charge in [-0.2, -0.15) is 5.10 Å². The molecule has 7 heteroatoms. The van der Waals surface area contributed by atoms with Gasteiger partial charge in [0.15, 0.2) is 11.6 Å². The molecule has 3 aromatic rings. The molecule has 1 saturated carbocycles. The summed E-state index contributed by atoms with van der Waals surface area (Å²) in [5.41, 5.74) is 2.31. The van der Waals surface area contributed by atoms with Crippen LogP contribution in [0, 0.1) is 11.7 Å². The molecule has 0 amide bonds. The summed E-state index contributed by atoms with van der Waals surface area (Å²) in [7, 11) is 1.81. The van der Waals surface area contributed by atoms with Crippen LogP contribution in [0.4, 0.5) is 4.39 Å². The Morgan fingerprint density at radius 3 is 2.46 bits per heavy atom. The first-order chi connectivity index (χ1) is 16.7. The lowest BCUT2D eigenvalue weighted by molar-refractivity contribution is -0.0569. The Balaban J connectivity index is 1.64. The van der Waals surface area contributed by atoms with Gasteiger partial charge in [0.2, 0.25) is 5.88 Å². The molecule has 0 spiro atoms. The number of rotatable bonds is 11. The van der Waals surface area contributed by atoms with Crippen molar-refractivity contribution in [1.82, 2.24) is 14.7 Å². The van der Waals surface area contributed by atoms with Gasteiger partial charge in [-0.1, -0.05) is 42.5 Å². The van der Waals surface area contributed by atoms with E-state index in [4.69, 9.17) is 14.6 Å². The van der Waals surface area contributed by atoms with E-state index in [1.807, 2.05) is 58.2 Å². The maximum atomic E-state index is 14.5. The molecule has 1 aliphatic carbocycles. The van der Waals surface area contributed by atoms with Crippen molar-refractivity contribution >= 4 is 0 Å². The van der Waals surface area contributed by atoms with Gasteiger partial charge in [0.05, 0.1) is 23.9 Å². The van der Waals surface area contributed by atoms with E-state index in [1.54, 1.807) is 22.9 Å². The summed E-state index contributed by atoms with van der Waals surface area (Å²) < 4.78 is 28.0. The van der Waals surface area contributed by atoms with Crippen molar-refractivity contribution in [2.45, 2.75) is 51.9 Å². The Kier molecular flexibility index (Phi) is 7.89. The van der Waals surface area contributed by atoms with Crippen molar-refractivity contribution in [2.24, 2.45) is 13.0 Å². The molecule has 0 saturated heterocycles. The first-order valence-electron chi connectivity index (χ1n) is 12.3. The van der Waals surface area contributed by atoms with Crippen LogP contribution in [0.15, 0.2) is 54.6 Å². The molecule has 4 rings (SSSR count). The van der Waals surface area contributed by atoms with E-state index in [2.05, 4.69) is 4.90 Å². The fourth-order valence-corrected chi connectivity index (χ4v) is 4.07. The number of nitrogens with zero attached hydrogens (tertiary/aromatic N) is 3. The second-order valence-corrected chi connectivity index (χ2v) is 10.4. The number of aliphatic hydroxyl groups excluding tert-OH is 1. The average Bonchev–Trinajstić information content (AvgIpc) is 3.58. The Morgan fingerprint density at radius 1 is 1.11 bits per heavy atom. The van der Waals surface area contributed by atoms with E-state index in [1.165, 1.54) is 18.9 Å². The Morgan fingerprint density at radius 2 is 1.80 bits per heavy atom. The molecule has 0 aliphatic heterocycles. The van der Waals surface area contributed by atoms with Crippen molar-refractivity contribution < 1.29 is 19.0 Å². The Bertz CT molecular complexity index is 1110. The summed E-state index contributed by atoms with van der Waals surface area (Å²) in [4.78, 5) is 2.24. The smallest absolute Gasteiger partial charge is 0.222 e. The van der Waals surface area contributed by atoms with Crippen LogP contribution < -0.4 is 4.74 Å². The predicted octanol–water partition coefficient (Wildman–Crippen LogP) is 5.41. The highest BCUT2D eigenvalue weighted by atomic mass is 19.1. The molecule has 35 heavy (non-hydrogen) atoms. The van der Waals surface area contributed by atoms with Gasteiger partial charge in [-0.05, 0) is 51.7 Å². The van der Waals surface area contributed by atoms with Crippen LogP contribution in [0.5, 0.6) is 11.6 Å². The minimum atomic E-state index is -0.624. The van der Waals surface area contributed by atoms with Gasteiger partial charge in [-0.3, -0.25) is 4.90 Å². The molecular formula is C28H36FN3O3. The van der Waals surface area contributed by atoms with Gasteiger partial charge in [0.1, 0.15) is 5.69 Å². The second-order valence-electron chi connectivity index (χ2n) is 10.4. The number of aryl methyl sites for hydroxylation is 1. The van der Waals surface area contributed by atoms with Crippen LogP contribution >= 0.6 is 0 Å². The molecule has 1 N–H and O–H groups in total. The monoisotopic (exact) mass is 481 g/mol. The van der Waals surface area contributed by atoms with E-state index < -0.39 is 11.9 Å². The molecule has 1 aromatic heterocycles. The number of para-hydroxylation sites is 1. The molecule has 6 nitrogen and oxygen atoms in total. The zero-order valence-corrected chi connectivity index (χ0v) is 21.1. The molecule has 1 fully saturated rings. The molecule has 1 atom stereocenters. The lowest BCUT2D eigenvalue weighted by Crippen LogP contribution is -2.37. The van der Waals surface area contributed by atoms with Crippen LogP contribution in [0.2, 0.25) is 0 Å². The quantitative estimate of drug-likeness (QED) is 0.397. The highest BCUT2D eigenvalue weighted by Gasteiger charge is 2.29. The summed E-state index contributed by atoms with van der Waals surface area (Å²) >= 11 is 0. The van der Waals surface area contributed by atoms with E-state index >= 15 is 0 Å². The maximum absolute atomic E-state index is 14.5. The number of aromatic nitrogens is 2. The normalized spacial score (nSPS) is 14.9. The van der Waals surface area contributed by atoms with Crippen LogP contribution in [0.1, 0.15) is 39.2 Å². The minimum absolute atomic E-state index is 0.156. The maximum Gasteiger partial charge on any atom is 0.222 e. The summed E-state index contributed by atoms with van der Waals surface area (Å²) in [5.74, 6) is 0.850. The zero-order chi connectivity index (χ0) is 25.0. The topological polar surface area (TPSA) is 59.8 Å². The van der Waals surface area contributed by atoms with Crippen LogP contribution in [-0.2, 0) is 18.3 Å². The summed E-state index contributed by atoms with van der Waals surface area (Å²) in [6, 6.07) is 16.3. The summed E-state index contributed by atoms with van der Waals surface area (Å²) in [5, 5.41) is 15.5. The molecule has 1 aliphatic rings. The van der Waals surface area contributed by atoms with Gasteiger partial charge < -0.3 is 14.6 Å². The highest BCUT2D eigenvalue weighted by Crippen LogP contribution is 2.36. The van der Waals surface area contributed by atoms with Gasteiger partial charge in [-0.15, -0.1) is 0 Å². The van der Waals surface area contributed by atoms with Gasteiger partial charge in [0.25, 0.3) is 0 Å². The van der Waals surface area contributed by atoms with Crippen molar-refractivity contribution in [3.8, 4) is 22.9 Å².